The van der Waals surface area contributed by atoms with Gasteiger partial charge in [-0.3, -0.25) is 24.7 Å². The lowest BCUT2D eigenvalue weighted by molar-refractivity contribution is -0.384. The van der Waals surface area contributed by atoms with E-state index in [4.69, 9.17) is 4.74 Å². The predicted octanol–water partition coefficient (Wildman–Crippen LogP) is 7.83. The molecular formula is C46H60N6O6S2. The summed E-state index contributed by atoms with van der Waals surface area (Å²) in [4.78, 5) is 33.0. The van der Waals surface area contributed by atoms with Gasteiger partial charge in [0.1, 0.15) is 5.69 Å². The fourth-order valence-corrected chi connectivity index (χ4v) is 12.4. The Morgan fingerprint density at radius 2 is 1.62 bits per heavy atom. The summed E-state index contributed by atoms with van der Waals surface area (Å²) in [7, 11) is -4.42. The number of carbonyl (C=O) groups is 1. The van der Waals surface area contributed by atoms with Gasteiger partial charge in [0.25, 0.3) is 21.6 Å². The minimum Gasteiger partial charge on any atom is -0.379 e. The number of ether oxygens (including phenoxy) is 1. The van der Waals surface area contributed by atoms with Crippen molar-refractivity contribution in [2.45, 2.75) is 81.5 Å². The number of carbonyl (C=O) groups excluding carboxylic acids is 1. The molecular weight excluding hydrogens is 797 g/mol. The maximum Gasteiger partial charge on any atom is 0.293 e. The number of thioether (sulfide) groups is 1. The van der Waals surface area contributed by atoms with Gasteiger partial charge in [-0.05, 0) is 110 Å². The predicted molar refractivity (Wildman–Crippen MR) is 238 cm³/mol. The molecule has 9 rings (SSSR count). The minimum atomic E-state index is -4.42. The first kappa shape index (κ1) is 42.7. The van der Waals surface area contributed by atoms with Crippen LogP contribution in [-0.2, 0) is 14.8 Å². The van der Waals surface area contributed by atoms with E-state index >= 15 is 0 Å². The standard InChI is InChI=1S/C46H60N6O6S2/c1-44(2)17-15-35(40(28-44)46-31-45(3,32-46)33-46)29-50-19-21-51(22-20-50)37-11-9-34(10-12-37)43(53)48-60(56,57)39-13-14-41(42(27-39)52(54)55)47-36(16-18-49-23-25-58-26-24-49)30-59-38-7-5-4-6-8-38/h4-14,27,36,47H,15-26,28-33H2,1-3H3,(H,48,53)/t36-,45?,46?/m1/s1. The number of hydrogen-bond acceptors (Lipinski definition) is 11. The molecule has 4 aliphatic carbocycles. The van der Waals surface area contributed by atoms with Gasteiger partial charge in [0.15, 0.2) is 0 Å². The number of hydrogen-bond donors (Lipinski definition) is 2. The van der Waals surface area contributed by atoms with Gasteiger partial charge < -0.3 is 15.0 Å². The molecule has 0 unspecified atom stereocenters. The van der Waals surface area contributed by atoms with E-state index in [-0.39, 0.29) is 27.9 Å². The zero-order valence-electron chi connectivity index (χ0n) is 35.3. The molecule has 12 nitrogen and oxygen atoms in total. The Morgan fingerprint density at radius 1 is 0.917 bits per heavy atom. The summed E-state index contributed by atoms with van der Waals surface area (Å²) in [5.41, 5.74) is 6.00. The van der Waals surface area contributed by atoms with E-state index in [2.05, 4.69) is 45.5 Å². The zero-order chi connectivity index (χ0) is 42.1. The van der Waals surface area contributed by atoms with Crippen molar-refractivity contribution < 1.29 is 22.9 Å². The molecule has 3 aromatic rings. The molecule has 1 atom stereocenters. The molecule has 0 aromatic heterocycles. The van der Waals surface area contributed by atoms with Crippen molar-refractivity contribution in [1.29, 1.82) is 0 Å². The molecule has 1 amide bonds. The topological polar surface area (TPSA) is 137 Å². The number of nitrogens with zero attached hydrogens (tertiary/aromatic N) is 4. The Labute approximate surface area is 359 Å². The molecule has 0 spiro atoms. The van der Waals surface area contributed by atoms with Gasteiger partial charge in [-0.25, -0.2) is 13.1 Å². The quantitative estimate of drug-likeness (QED) is 0.0632. The number of anilines is 2. The maximum absolute atomic E-state index is 13.5. The number of amides is 1. The molecule has 322 valence electrons. The van der Waals surface area contributed by atoms with Crippen LogP contribution in [0.1, 0.15) is 76.1 Å². The highest BCUT2D eigenvalue weighted by atomic mass is 32.2. The van der Waals surface area contributed by atoms with Crippen LogP contribution in [0.2, 0.25) is 0 Å². The van der Waals surface area contributed by atoms with E-state index in [1.807, 2.05) is 42.5 Å². The van der Waals surface area contributed by atoms with Crippen molar-refractivity contribution in [3.8, 4) is 0 Å². The van der Waals surface area contributed by atoms with Crippen molar-refractivity contribution in [2.75, 3.05) is 81.5 Å². The summed E-state index contributed by atoms with van der Waals surface area (Å²) in [5, 5.41) is 15.7. The third kappa shape index (κ3) is 9.73. The van der Waals surface area contributed by atoms with Crippen molar-refractivity contribution in [1.82, 2.24) is 14.5 Å². The first-order valence-electron chi connectivity index (χ1n) is 21.6. The Morgan fingerprint density at radius 3 is 2.28 bits per heavy atom. The number of morpholine rings is 1. The molecule has 2 saturated heterocycles. The molecule has 6 aliphatic rings. The highest BCUT2D eigenvalue weighted by Crippen LogP contribution is 2.77. The van der Waals surface area contributed by atoms with E-state index in [1.54, 1.807) is 35.0 Å². The lowest BCUT2D eigenvalue weighted by Gasteiger charge is -2.72. The molecule has 14 heteroatoms. The summed E-state index contributed by atoms with van der Waals surface area (Å²) in [6.45, 7) is 15.9. The molecule has 2 aliphatic heterocycles. The van der Waals surface area contributed by atoms with Crippen molar-refractivity contribution >= 4 is 44.8 Å². The fourth-order valence-electron chi connectivity index (χ4n) is 10.4. The highest BCUT2D eigenvalue weighted by molar-refractivity contribution is 7.99. The van der Waals surface area contributed by atoms with Crippen molar-refractivity contribution in [3.05, 3.63) is 99.6 Å². The summed E-state index contributed by atoms with van der Waals surface area (Å²) in [6.07, 6.45) is 8.57. The Bertz CT molecular complexity index is 2160. The van der Waals surface area contributed by atoms with Crippen molar-refractivity contribution in [2.24, 2.45) is 16.2 Å². The van der Waals surface area contributed by atoms with Crippen LogP contribution in [0.15, 0.2) is 93.7 Å². The van der Waals surface area contributed by atoms with E-state index in [1.165, 1.54) is 50.7 Å². The van der Waals surface area contributed by atoms with Crippen LogP contribution in [-0.4, -0.2) is 106 Å². The number of rotatable bonds is 16. The number of nitrogens with one attached hydrogen (secondary N) is 2. The summed E-state index contributed by atoms with van der Waals surface area (Å²) < 4.78 is 34.6. The van der Waals surface area contributed by atoms with E-state index in [0.717, 1.165) is 75.4 Å². The molecule has 5 fully saturated rings. The van der Waals surface area contributed by atoms with Crippen LogP contribution in [0.5, 0.6) is 0 Å². The normalized spacial score (nSPS) is 24.9. The number of piperazine rings is 1. The lowest BCUT2D eigenvalue weighted by atomic mass is 9.33. The molecule has 60 heavy (non-hydrogen) atoms. The Kier molecular flexibility index (Phi) is 12.4. The monoisotopic (exact) mass is 856 g/mol. The lowest BCUT2D eigenvalue weighted by Crippen LogP contribution is -2.61. The second-order valence-corrected chi connectivity index (χ2v) is 21.7. The van der Waals surface area contributed by atoms with E-state index in [9.17, 15) is 23.3 Å². The fraction of sp³-hybridized carbons (Fsp3) is 0.543. The molecule has 3 aromatic carbocycles. The molecule has 2 heterocycles. The van der Waals surface area contributed by atoms with Gasteiger partial charge in [0.2, 0.25) is 0 Å². The number of allylic oxidation sites excluding steroid dienone is 1. The average Bonchev–Trinajstić information content (AvgIpc) is 3.22. The van der Waals surface area contributed by atoms with Gasteiger partial charge in [-0.2, -0.15) is 0 Å². The third-order valence-corrected chi connectivity index (χ3v) is 16.1. The van der Waals surface area contributed by atoms with Crippen LogP contribution >= 0.6 is 11.8 Å². The SMILES string of the molecule is CC1(C)CCC(CN2CCN(c3ccc(C(=O)NS(=O)(=O)c4ccc(N[C@H](CCN5CCOCC5)CSc5ccccc5)c([N+](=O)[O-])c4)cc3)CC2)=C(C23CC(C)(C2)C3)C1. The second-order valence-electron chi connectivity index (χ2n) is 18.9. The first-order valence-corrected chi connectivity index (χ1v) is 24.0. The van der Waals surface area contributed by atoms with Crippen LogP contribution in [0, 0.1) is 26.4 Å². The maximum atomic E-state index is 13.5. The van der Waals surface area contributed by atoms with Gasteiger partial charge in [-0.15, -0.1) is 11.8 Å². The smallest absolute Gasteiger partial charge is 0.293 e. The van der Waals surface area contributed by atoms with Gasteiger partial charge in [0, 0.05) is 86.4 Å². The number of sulfonamides is 1. The van der Waals surface area contributed by atoms with Crippen LogP contribution in [0.25, 0.3) is 0 Å². The highest BCUT2D eigenvalue weighted by Gasteiger charge is 2.66. The Hall–Kier alpha value is -3.95. The molecule has 2 bridgehead atoms. The first-order chi connectivity index (χ1) is 28.7. The number of nitro groups is 1. The minimum absolute atomic E-state index is 0.142. The molecule has 3 saturated carbocycles. The van der Waals surface area contributed by atoms with E-state index < -0.39 is 20.9 Å². The average molecular weight is 857 g/mol. The van der Waals surface area contributed by atoms with Gasteiger partial charge >= 0.3 is 0 Å². The zero-order valence-corrected chi connectivity index (χ0v) is 36.9. The number of benzene rings is 3. The number of nitro benzene ring substituents is 1. The van der Waals surface area contributed by atoms with Crippen LogP contribution < -0.4 is 14.9 Å². The second kappa shape index (κ2) is 17.4. The van der Waals surface area contributed by atoms with Gasteiger partial charge in [-0.1, -0.05) is 50.1 Å². The van der Waals surface area contributed by atoms with Crippen LogP contribution in [0.3, 0.4) is 0 Å². The molecule has 2 N–H and O–H groups in total. The van der Waals surface area contributed by atoms with Crippen molar-refractivity contribution in [3.63, 3.8) is 0 Å². The Balaban J connectivity index is 0.872. The van der Waals surface area contributed by atoms with E-state index in [0.29, 0.717) is 35.2 Å². The summed E-state index contributed by atoms with van der Waals surface area (Å²) in [6, 6.07) is 20.6. The molecule has 0 radical (unpaired) electrons. The largest absolute Gasteiger partial charge is 0.379 e. The summed E-state index contributed by atoms with van der Waals surface area (Å²) in [5.74, 6) is -0.149. The third-order valence-electron chi connectivity index (χ3n) is 13.6. The van der Waals surface area contributed by atoms with Gasteiger partial charge in [0.05, 0.1) is 23.0 Å². The van der Waals surface area contributed by atoms with Crippen LogP contribution in [0.4, 0.5) is 17.1 Å². The summed E-state index contributed by atoms with van der Waals surface area (Å²) >= 11 is 1.65.